The first-order valence-corrected chi connectivity index (χ1v) is 8.90. The molecule has 0 aromatic carbocycles. The summed E-state index contributed by atoms with van der Waals surface area (Å²) in [4.78, 5) is 28.9. The Morgan fingerprint density at radius 1 is 1.46 bits per heavy atom. The van der Waals surface area contributed by atoms with Crippen molar-refractivity contribution in [1.29, 1.82) is 0 Å². The number of nitrogens with zero attached hydrogens (tertiary/aromatic N) is 2. The highest BCUT2D eigenvalue weighted by molar-refractivity contribution is 7.16. The summed E-state index contributed by atoms with van der Waals surface area (Å²) in [6.07, 6.45) is 5.24. The molecule has 1 aliphatic carbocycles. The Balaban J connectivity index is 1.75. The molecule has 2 aromatic rings. The molecule has 0 amide bonds. The number of esters is 1. The van der Waals surface area contributed by atoms with Gasteiger partial charge < -0.3 is 9.47 Å². The van der Waals surface area contributed by atoms with Crippen molar-refractivity contribution in [2.75, 3.05) is 13.2 Å². The van der Waals surface area contributed by atoms with E-state index in [0.29, 0.717) is 34.7 Å². The molecular weight excluding hydrogens is 328 g/mol. The lowest BCUT2D eigenvalue weighted by Crippen LogP contribution is -2.16. The number of pyridine rings is 1. The molecule has 0 bridgehead atoms. The zero-order valence-corrected chi connectivity index (χ0v) is 14.6. The molecule has 0 unspecified atom stereocenters. The molecule has 6 nitrogen and oxygen atoms in total. The summed E-state index contributed by atoms with van der Waals surface area (Å²) in [5, 5.41) is 0.449. The van der Waals surface area contributed by atoms with E-state index in [1.54, 1.807) is 26.1 Å². The second kappa shape index (κ2) is 7.17. The highest BCUT2D eigenvalue weighted by Crippen LogP contribution is 2.32. The molecule has 1 saturated carbocycles. The van der Waals surface area contributed by atoms with Crippen LogP contribution in [0.3, 0.4) is 0 Å². The zero-order valence-electron chi connectivity index (χ0n) is 13.8. The van der Waals surface area contributed by atoms with Gasteiger partial charge in [0.2, 0.25) is 0 Å². The number of rotatable bonds is 7. The molecule has 1 fully saturated rings. The van der Waals surface area contributed by atoms with Crippen LogP contribution < -0.4 is 10.3 Å². The maximum atomic E-state index is 12.3. The number of carbonyl (C=O) groups excluding carboxylic acids is 1. The van der Waals surface area contributed by atoms with Crippen LogP contribution in [0.2, 0.25) is 0 Å². The molecule has 3 rings (SSSR count). The third-order valence-corrected chi connectivity index (χ3v) is 4.97. The van der Waals surface area contributed by atoms with Crippen molar-refractivity contribution in [3.05, 3.63) is 39.3 Å². The summed E-state index contributed by atoms with van der Waals surface area (Å²) in [5.74, 6) is 0.951. The number of ether oxygens (including phenoxy) is 2. The minimum Gasteiger partial charge on any atom is -0.493 e. The molecule has 0 radical (unpaired) electrons. The minimum absolute atomic E-state index is 0.233. The quantitative estimate of drug-likeness (QED) is 0.720. The summed E-state index contributed by atoms with van der Waals surface area (Å²) in [5.41, 5.74) is 0.327. The Labute approximate surface area is 144 Å². The Kier molecular flexibility index (Phi) is 4.99. The normalized spacial score (nSPS) is 13.8. The molecule has 0 atom stereocenters. The summed E-state index contributed by atoms with van der Waals surface area (Å²) >= 11 is 1.15. The fraction of sp³-hybridized carbons (Fsp3) is 0.471. The molecule has 2 heterocycles. The highest BCUT2D eigenvalue weighted by Gasteiger charge is 2.21. The van der Waals surface area contributed by atoms with Crippen LogP contribution in [-0.2, 0) is 4.74 Å². The molecule has 128 valence electrons. The van der Waals surface area contributed by atoms with E-state index in [-0.39, 0.29) is 5.56 Å². The summed E-state index contributed by atoms with van der Waals surface area (Å²) in [6.45, 7) is 4.42. The molecule has 0 aliphatic heterocycles. The Bertz CT molecular complexity index is 792. The van der Waals surface area contributed by atoms with Crippen LogP contribution in [0.25, 0.3) is 5.13 Å². The fourth-order valence-corrected chi connectivity index (χ4v) is 3.28. The lowest BCUT2D eigenvalue weighted by molar-refractivity contribution is 0.0531. The number of carbonyl (C=O) groups is 1. The maximum Gasteiger partial charge on any atom is 0.350 e. The average Bonchev–Trinajstić information content (AvgIpc) is 3.28. The number of hydrogen-bond donors (Lipinski definition) is 0. The molecule has 0 saturated heterocycles. The third kappa shape index (κ3) is 3.84. The van der Waals surface area contributed by atoms with Crippen LogP contribution >= 0.6 is 11.3 Å². The van der Waals surface area contributed by atoms with Gasteiger partial charge in [-0.15, -0.1) is 0 Å². The Morgan fingerprint density at radius 2 is 2.25 bits per heavy atom. The first-order valence-electron chi connectivity index (χ1n) is 8.09. The topological polar surface area (TPSA) is 70.4 Å². The number of hydrogen-bond acceptors (Lipinski definition) is 6. The predicted molar refractivity (Wildman–Crippen MR) is 91.2 cm³/mol. The van der Waals surface area contributed by atoms with E-state index in [2.05, 4.69) is 4.98 Å². The van der Waals surface area contributed by atoms with Gasteiger partial charge in [0.25, 0.3) is 5.56 Å². The second-order valence-electron chi connectivity index (χ2n) is 5.78. The highest BCUT2D eigenvalue weighted by atomic mass is 32.1. The molecular formula is C17H20N2O4S. The van der Waals surface area contributed by atoms with Gasteiger partial charge in [0.15, 0.2) is 5.13 Å². The van der Waals surface area contributed by atoms with Crippen LogP contribution in [0, 0.1) is 12.8 Å². The van der Waals surface area contributed by atoms with Gasteiger partial charge in [-0.2, -0.15) is 0 Å². The Morgan fingerprint density at radius 3 is 2.92 bits per heavy atom. The number of aryl methyl sites for hydroxylation is 1. The lowest BCUT2D eigenvalue weighted by atomic mass is 10.3. The van der Waals surface area contributed by atoms with Gasteiger partial charge in [0.1, 0.15) is 10.6 Å². The van der Waals surface area contributed by atoms with Crippen molar-refractivity contribution in [2.24, 2.45) is 5.92 Å². The van der Waals surface area contributed by atoms with Gasteiger partial charge in [-0.05, 0) is 32.3 Å². The monoisotopic (exact) mass is 348 g/mol. The van der Waals surface area contributed by atoms with Crippen molar-refractivity contribution in [2.45, 2.75) is 33.1 Å². The van der Waals surface area contributed by atoms with Crippen molar-refractivity contribution in [3.63, 3.8) is 0 Å². The fourth-order valence-electron chi connectivity index (χ4n) is 2.33. The minimum atomic E-state index is -0.410. The molecule has 0 N–H and O–H groups in total. The van der Waals surface area contributed by atoms with E-state index in [4.69, 9.17) is 9.47 Å². The van der Waals surface area contributed by atoms with Crippen molar-refractivity contribution in [3.8, 4) is 10.9 Å². The van der Waals surface area contributed by atoms with Crippen molar-refractivity contribution in [1.82, 2.24) is 9.55 Å². The molecule has 24 heavy (non-hydrogen) atoms. The molecule has 0 spiro atoms. The lowest BCUT2D eigenvalue weighted by Gasteiger charge is -2.06. The molecule has 7 heteroatoms. The van der Waals surface area contributed by atoms with E-state index in [1.807, 2.05) is 0 Å². The second-order valence-corrected chi connectivity index (χ2v) is 6.76. The maximum absolute atomic E-state index is 12.3. The number of thiazole rings is 1. The van der Waals surface area contributed by atoms with E-state index in [0.717, 1.165) is 23.7 Å². The first kappa shape index (κ1) is 16.7. The van der Waals surface area contributed by atoms with Crippen molar-refractivity contribution < 1.29 is 14.3 Å². The first-order chi connectivity index (χ1) is 11.6. The van der Waals surface area contributed by atoms with Gasteiger partial charge in [0.05, 0.1) is 18.9 Å². The SMILES string of the molecule is CCOC(=O)c1sc(-n2ccc(OCCC3CC3)cc2=O)nc1C. The summed E-state index contributed by atoms with van der Waals surface area (Å²) in [7, 11) is 0. The predicted octanol–water partition coefficient (Wildman–Crippen LogP) is 2.96. The van der Waals surface area contributed by atoms with Crippen LogP contribution in [-0.4, -0.2) is 28.7 Å². The van der Waals surface area contributed by atoms with Gasteiger partial charge in [-0.3, -0.25) is 9.36 Å². The number of aromatic nitrogens is 2. The van der Waals surface area contributed by atoms with Gasteiger partial charge in [0, 0.05) is 12.3 Å². The summed E-state index contributed by atoms with van der Waals surface area (Å²) in [6, 6.07) is 3.20. The van der Waals surface area contributed by atoms with Crippen LogP contribution in [0.1, 0.15) is 41.6 Å². The standard InChI is InChI=1S/C17H20N2O4S/c1-3-22-16(21)15-11(2)18-17(24-15)19-8-6-13(10-14(19)20)23-9-7-12-4-5-12/h6,8,10,12H,3-5,7,9H2,1-2H3. The van der Waals surface area contributed by atoms with Crippen molar-refractivity contribution >= 4 is 17.3 Å². The average molecular weight is 348 g/mol. The van der Waals surface area contributed by atoms with E-state index < -0.39 is 5.97 Å². The van der Waals surface area contributed by atoms with E-state index in [9.17, 15) is 9.59 Å². The summed E-state index contributed by atoms with van der Waals surface area (Å²) < 4.78 is 12.0. The van der Waals surface area contributed by atoms with Gasteiger partial charge >= 0.3 is 5.97 Å². The van der Waals surface area contributed by atoms with Gasteiger partial charge in [-0.1, -0.05) is 24.2 Å². The van der Waals surface area contributed by atoms with Crippen LogP contribution in [0.15, 0.2) is 23.1 Å². The largest absolute Gasteiger partial charge is 0.493 e. The third-order valence-electron chi connectivity index (χ3n) is 3.84. The van der Waals surface area contributed by atoms with Crippen LogP contribution in [0.5, 0.6) is 5.75 Å². The molecule has 1 aliphatic rings. The molecule has 2 aromatic heterocycles. The Hall–Kier alpha value is -2.15. The van der Waals surface area contributed by atoms with E-state index in [1.165, 1.54) is 23.5 Å². The van der Waals surface area contributed by atoms with E-state index >= 15 is 0 Å². The van der Waals surface area contributed by atoms with Gasteiger partial charge in [-0.25, -0.2) is 9.78 Å². The smallest absolute Gasteiger partial charge is 0.350 e. The van der Waals surface area contributed by atoms with Crippen LogP contribution in [0.4, 0.5) is 0 Å². The zero-order chi connectivity index (χ0) is 17.1.